The van der Waals surface area contributed by atoms with Crippen molar-refractivity contribution in [1.29, 1.82) is 0 Å². The molecule has 0 saturated heterocycles. The molecular weight excluding hydrogens is 542 g/mol. The van der Waals surface area contributed by atoms with Crippen molar-refractivity contribution in [3.05, 3.63) is 163 Å². The van der Waals surface area contributed by atoms with E-state index >= 15 is 0 Å². The smallest absolute Gasteiger partial charge is 0.0541 e. The monoisotopic (exact) mass is 573 g/mol. The third-order valence-electron chi connectivity index (χ3n) is 9.62. The van der Waals surface area contributed by atoms with E-state index in [4.69, 9.17) is 0 Å². The Hall–Kier alpha value is -5.66. The number of nitrogens with zero attached hydrogens (tertiary/aromatic N) is 1. The second kappa shape index (κ2) is 9.94. The molecule has 0 aliphatic carbocycles. The fourth-order valence-electron chi connectivity index (χ4n) is 7.65. The number of para-hydroxylation sites is 2. The van der Waals surface area contributed by atoms with Crippen molar-refractivity contribution in [2.75, 3.05) is 0 Å². The van der Waals surface area contributed by atoms with Crippen LogP contribution in [0, 0.1) is 13.8 Å². The van der Waals surface area contributed by atoms with Crippen molar-refractivity contribution >= 4 is 54.1 Å². The molecular formula is C44H31N. The van der Waals surface area contributed by atoms with Crippen molar-refractivity contribution in [3.63, 3.8) is 0 Å². The summed E-state index contributed by atoms with van der Waals surface area (Å²) in [6, 6.07) is 55.7. The first-order chi connectivity index (χ1) is 22.2. The summed E-state index contributed by atoms with van der Waals surface area (Å²) in [6.07, 6.45) is 0. The molecule has 1 heteroatoms. The Labute approximate surface area is 262 Å². The fourth-order valence-corrected chi connectivity index (χ4v) is 7.65. The van der Waals surface area contributed by atoms with Gasteiger partial charge in [0.15, 0.2) is 0 Å². The average Bonchev–Trinajstić information content (AvgIpc) is 3.42. The number of fused-ring (bicyclic) bond motifs is 6. The third kappa shape index (κ3) is 3.81. The quantitative estimate of drug-likeness (QED) is 0.185. The van der Waals surface area contributed by atoms with Gasteiger partial charge in [-0.25, -0.2) is 0 Å². The third-order valence-corrected chi connectivity index (χ3v) is 9.62. The van der Waals surface area contributed by atoms with Gasteiger partial charge in [-0.1, -0.05) is 127 Å². The fraction of sp³-hybridized carbons (Fsp3) is 0.0455. The zero-order valence-corrected chi connectivity index (χ0v) is 25.4. The second-order valence-electron chi connectivity index (χ2n) is 12.2. The number of rotatable bonds is 3. The molecule has 0 radical (unpaired) electrons. The molecule has 1 heterocycles. The molecule has 0 aliphatic rings. The normalized spacial score (nSPS) is 11.8. The summed E-state index contributed by atoms with van der Waals surface area (Å²) < 4.78 is 2.44. The van der Waals surface area contributed by atoms with Gasteiger partial charge in [-0.15, -0.1) is 0 Å². The van der Waals surface area contributed by atoms with Gasteiger partial charge in [-0.05, 0) is 104 Å². The molecule has 0 aliphatic heterocycles. The van der Waals surface area contributed by atoms with E-state index in [-0.39, 0.29) is 0 Å². The van der Waals surface area contributed by atoms with E-state index in [9.17, 15) is 0 Å². The Morgan fingerprint density at radius 1 is 0.356 bits per heavy atom. The SMILES string of the molecule is Cc1cc(-n2c3ccccc3c3ccccc32)c(C)cc1-c1c2ccccc2c(-c2cccc3ccccc23)c2ccccc12. The van der Waals surface area contributed by atoms with Gasteiger partial charge >= 0.3 is 0 Å². The molecule has 0 bridgehead atoms. The van der Waals surface area contributed by atoms with E-state index in [2.05, 4.69) is 170 Å². The lowest BCUT2D eigenvalue weighted by molar-refractivity contribution is 1.14. The highest BCUT2D eigenvalue weighted by Gasteiger charge is 2.20. The minimum absolute atomic E-state index is 1.23. The number of aromatic nitrogens is 1. The van der Waals surface area contributed by atoms with E-state index < -0.39 is 0 Å². The van der Waals surface area contributed by atoms with Gasteiger partial charge in [-0.3, -0.25) is 0 Å². The maximum absolute atomic E-state index is 2.44. The zero-order valence-electron chi connectivity index (χ0n) is 25.4. The van der Waals surface area contributed by atoms with Crippen LogP contribution in [-0.2, 0) is 0 Å². The average molecular weight is 574 g/mol. The van der Waals surface area contributed by atoms with Gasteiger partial charge < -0.3 is 4.57 Å². The standard InChI is InChI=1S/C44H31N/c1-28-27-42(45-40-24-11-9-17-32(40)33-18-10-12-25-41(33)45)29(2)26-39(28)44-37-21-7-5-19-35(37)43(36-20-6-8-22-38(36)44)34-23-13-15-30-14-3-4-16-31(30)34/h3-27H,1-2H3. The van der Waals surface area contributed by atoms with Gasteiger partial charge in [-0.2, -0.15) is 0 Å². The van der Waals surface area contributed by atoms with Crippen LogP contribution in [0.2, 0.25) is 0 Å². The Morgan fingerprint density at radius 3 is 1.38 bits per heavy atom. The maximum atomic E-state index is 2.44. The highest BCUT2D eigenvalue weighted by molar-refractivity contribution is 6.23. The van der Waals surface area contributed by atoms with Crippen LogP contribution >= 0.6 is 0 Å². The molecule has 9 rings (SSSR count). The van der Waals surface area contributed by atoms with E-state index in [1.54, 1.807) is 0 Å². The van der Waals surface area contributed by atoms with Crippen LogP contribution in [0.25, 0.3) is 82.1 Å². The van der Waals surface area contributed by atoms with Gasteiger partial charge in [0, 0.05) is 16.5 Å². The highest BCUT2D eigenvalue weighted by atomic mass is 15.0. The molecule has 0 amide bonds. The Kier molecular flexibility index (Phi) is 5.70. The molecule has 0 N–H and O–H groups in total. The topological polar surface area (TPSA) is 4.93 Å². The summed E-state index contributed by atoms with van der Waals surface area (Å²) in [5, 5.41) is 10.3. The number of hydrogen-bond donors (Lipinski definition) is 0. The minimum Gasteiger partial charge on any atom is -0.309 e. The van der Waals surface area contributed by atoms with Crippen LogP contribution in [0.15, 0.2) is 152 Å². The number of hydrogen-bond acceptors (Lipinski definition) is 0. The van der Waals surface area contributed by atoms with Crippen molar-refractivity contribution < 1.29 is 0 Å². The molecule has 0 unspecified atom stereocenters. The van der Waals surface area contributed by atoms with Gasteiger partial charge in [0.25, 0.3) is 0 Å². The van der Waals surface area contributed by atoms with Crippen LogP contribution in [0.4, 0.5) is 0 Å². The Bertz CT molecular complexity index is 2500. The molecule has 1 nitrogen and oxygen atoms in total. The van der Waals surface area contributed by atoms with Crippen molar-refractivity contribution in [3.8, 4) is 27.9 Å². The minimum atomic E-state index is 1.23. The van der Waals surface area contributed by atoms with Crippen molar-refractivity contribution in [2.24, 2.45) is 0 Å². The van der Waals surface area contributed by atoms with Gasteiger partial charge in [0.05, 0.1) is 11.0 Å². The van der Waals surface area contributed by atoms with Crippen LogP contribution in [0.3, 0.4) is 0 Å². The lowest BCUT2D eigenvalue weighted by Crippen LogP contribution is -2.00. The van der Waals surface area contributed by atoms with E-state index in [1.807, 2.05) is 0 Å². The number of benzene rings is 8. The summed E-state index contributed by atoms with van der Waals surface area (Å²) in [7, 11) is 0. The van der Waals surface area contributed by atoms with Crippen LogP contribution in [0.1, 0.15) is 11.1 Å². The highest BCUT2D eigenvalue weighted by Crippen LogP contribution is 2.46. The summed E-state index contributed by atoms with van der Waals surface area (Å²) in [5.41, 5.74) is 11.4. The van der Waals surface area contributed by atoms with E-state index in [1.165, 1.54) is 93.2 Å². The zero-order chi connectivity index (χ0) is 30.1. The molecule has 9 aromatic rings. The first-order valence-corrected chi connectivity index (χ1v) is 15.7. The summed E-state index contributed by atoms with van der Waals surface area (Å²) >= 11 is 0. The van der Waals surface area contributed by atoms with Crippen LogP contribution in [-0.4, -0.2) is 4.57 Å². The molecule has 45 heavy (non-hydrogen) atoms. The lowest BCUT2D eigenvalue weighted by atomic mass is 9.83. The van der Waals surface area contributed by atoms with E-state index in [0.717, 1.165) is 0 Å². The summed E-state index contributed by atoms with van der Waals surface area (Å²) in [6.45, 7) is 4.53. The van der Waals surface area contributed by atoms with Crippen LogP contribution < -0.4 is 0 Å². The predicted octanol–water partition coefficient (Wildman–Crippen LogP) is 12.2. The molecule has 0 atom stereocenters. The molecule has 1 aromatic heterocycles. The van der Waals surface area contributed by atoms with Crippen molar-refractivity contribution in [2.45, 2.75) is 13.8 Å². The Morgan fingerprint density at radius 2 is 0.800 bits per heavy atom. The molecule has 212 valence electrons. The maximum Gasteiger partial charge on any atom is 0.0541 e. The number of aryl methyl sites for hydroxylation is 2. The first kappa shape index (κ1) is 25.8. The van der Waals surface area contributed by atoms with Crippen molar-refractivity contribution in [1.82, 2.24) is 4.57 Å². The second-order valence-corrected chi connectivity index (χ2v) is 12.2. The predicted molar refractivity (Wildman–Crippen MR) is 194 cm³/mol. The molecule has 0 fully saturated rings. The molecule has 0 saturated carbocycles. The Balaban J connectivity index is 1.35. The van der Waals surface area contributed by atoms with E-state index in [0.29, 0.717) is 0 Å². The van der Waals surface area contributed by atoms with Crippen LogP contribution in [0.5, 0.6) is 0 Å². The largest absolute Gasteiger partial charge is 0.309 e. The van der Waals surface area contributed by atoms with Gasteiger partial charge in [0.1, 0.15) is 0 Å². The molecule has 8 aromatic carbocycles. The van der Waals surface area contributed by atoms with Gasteiger partial charge in [0.2, 0.25) is 0 Å². The first-order valence-electron chi connectivity index (χ1n) is 15.7. The lowest BCUT2D eigenvalue weighted by Gasteiger charge is -2.21. The summed E-state index contributed by atoms with van der Waals surface area (Å²) in [4.78, 5) is 0. The molecule has 0 spiro atoms. The summed E-state index contributed by atoms with van der Waals surface area (Å²) in [5.74, 6) is 0.